The zero-order valence-electron chi connectivity index (χ0n) is 14.1. The minimum absolute atomic E-state index is 0.0799. The highest BCUT2D eigenvalue weighted by molar-refractivity contribution is 5.27. The van der Waals surface area contributed by atoms with E-state index >= 15 is 0 Å². The number of allylic oxidation sites excluding steroid dienone is 1. The standard InChI is InChI=1S/C19H32N2O/c1-17-9-10-19(20,21)11-12(17)3-4-13-14-5-6-16(22)18(14,2)8-7-15(13)17/h3,13-16,22H,4-11,20-21H2,1-2H3/t13?,14?,15?,16-,17-,18-/m0/s1. The lowest BCUT2D eigenvalue weighted by Crippen LogP contribution is -2.58. The molecule has 3 nitrogen and oxygen atoms in total. The van der Waals surface area contributed by atoms with Crippen molar-refractivity contribution in [2.24, 2.45) is 40.1 Å². The third kappa shape index (κ3) is 1.91. The zero-order valence-corrected chi connectivity index (χ0v) is 14.1. The van der Waals surface area contributed by atoms with Crippen molar-refractivity contribution in [1.29, 1.82) is 0 Å². The van der Waals surface area contributed by atoms with Crippen LogP contribution in [0.5, 0.6) is 0 Å². The van der Waals surface area contributed by atoms with Gasteiger partial charge in [-0.1, -0.05) is 25.5 Å². The minimum atomic E-state index is -0.495. The maximum Gasteiger partial charge on any atom is 0.0675 e. The van der Waals surface area contributed by atoms with Gasteiger partial charge in [0, 0.05) is 0 Å². The monoisotopic (exact) mass is 304 g/mol. The summed E-state index contributed by atoms with van der Waals surface area (Å²) in [7, 11) is 0. The maximum absolute atomic E-state index is 10.5. The molecule has 0 saturated heterocycles. The van der Waals surface area contributed by atoms with Crippen molar-refractivity contribution in [3.63, 3.8) is 0 Å². The molecule has 0 aromatic carbocycles. The van der Waals surface area contributed by atoms with Crippen LogP contribution in [0, 0.1) is 28.6 Å². The Morgan fingerprint density at radius 1 is 1.05 bits per heavy atom. The van der Waals surface area contributed by atoms with Gasteiger partial charge in [0.25, 0.3) is 0 Å². The van der Waals surface area contributed by atoms with E-state index in [2.05, 4.69) is 19.9 Å². The molecule has 3 heteroatoms. The molecule has 6 atom stereocenters. The van der Waals surface area contributed by atoms with Crippen LogP contribution in [0.15, 0.2) is 11.6 Å². The molecule has 0 aliphatic heterocycles. The lowest BCUT2D eigenvalue weighted by Gasteiger charge is -2.58. The molecule has 0 spiro atoms. The Balaban J connectivity index is 1.67. The van der Waals surface area contributed by atoms with Gasteiger partial charge in [-0.2, -0.15) is 0 Å². The normalized spacial score (nSPS) is 53.2. The van der Waals surface area contributed by atoms with Crippen molar-refractivity contribution in [2.75, 3.05) is 0 Å². The first-order valence-electron chi connectivity index (χ1n) is 9.22. The first kappa shape index (κ1) is 15.2. The van der Waals surface area contributed by atoms with Gasteiger partial charge in [-0.25, -0.2) is 0 Å². The molecule has 3 unspecified atom stereocenters. The molecule has 4 aliphatic rings. The van der Waals surface area contributed by atoms with Crippen molar-refractivity contribution >= 4 is 0 Å². The van der Waals surface area contributed by atoms with Crippen LogP contribution >= 0.6 is 0 Å². The van der Waals surface area contributed by atoms with Crippen molar-refractivity contribution in [1.82, 2.24) is 0 Å². The highest BCUT2D eigenvalue weighted by Gasteiger charge is 2.58. The Kier molecular flexibility index (Phi) is 3.16. The van der Waals surface area contributed by atoms with Crippen molar-refractivity contribution in [2.45, 2.75) is 77.0 Å². The van der Waals surface area contributed by atoms with Gasteiger partial charge >= 0.3 is 0 Å². The van der Waals surface area contributed by atoms with Crippen LogP contribution in [-0.4, -0.2) is 16.9 Å². The van der Waals surface area contributed by atoms with Crippen molar-refractivity contribution < 1.29 is 5.11 Å². The number of hydrogen-bond donors (Lipinski definition) is 3. The summed E-state index contributed by atoms with van der Waals surface area (Å²) >= 11 is 0. The molecule has 3 fully saturated rings. The molecule has 3 saturated carbocycles. The third-order valence-corrected chi connectivity index (χ3v) is 8.20. The first-order valence-corrected chi connectivity index (χ1v) is 9.22. The van der Waals surface area contributed by atoms with Gasteiger partial charge in [0.1, 0.15) is 0 Å². The molecular weight excluding hydrogens is 272 g/mol. The van der Waals surface area contributed by atoms with Crippen LogP contribution in [0.2, 0.25) is 0 Å². The molecule has 0 heterocycles. The number of fused-ring (bicyclic) bond motifs is 5. The summed E-state index contributed by atoms with van der Waals surface area (Å²) in [6, 6.07) is 0. The average Bonchev–Trinajstić information content (AvgIpc) is 2.76. The Hall–Kier alpha value is -0.380. The Labute approximate surface area is 134 Å². The minimum Gasteiger partial charge on any atom is -0.393 e. The fourth-order valence-electron chi connectivity index (χ4n) is 6.68. The number of aliphatic hydroxyl groups is 1. The first-order chi connectivity index (χ1) is 10.3. The second kappa shape index (κ2) is 4.58. The average molecular weight is 304 g/mol. The van der Waals surface area contributed by atoms with E-state index in [1.54, 1.807) is 0 Å². The Bertz CT molecular complexity index is 514. The second-order valence-corrected chi connectivity index (χ2v) is 9.31. The van der Waals surface area contributed by atoms with Crippen LogP contribution in [0.4, 0.5) is 0 Å². The summed E-state index contributed by atoms with van der Waals surface area (Å²) in [6.45, 7) is 4.82. The van der Waals surface area contributed by atoms with Crippen LogP contribution in [0.3, 0.4) is 0 Å². The second-order valence-electron chi connectivity index (χ2n) is 9.31. The van der Waals surface area contributed by atoms with Crippen molar-refractivity contribution in [3.05, 3.63) is 11.6 Å². The lowest BCUT2D eigenvalue weighted by atomic mass is 9.47. The summed E-state index contributed by atoms with van der Waals surface area (Å²) in [5, 5.41) is 10.5. The Morgan fingerprint density at radius 2 is 1.82 bits per heavy atom. The molecule has 0 bridgehead atoms. The molecule has 0 aromatic rings. The van der Waals surface area contributed by atoms with Gasteiger partial charge in [0.05, 0.1) is 11.8 Å². The molecule has 0 amide bonds. The van der Waals surface area contributed by atoms with E-state index in [0.717, 1.165) is 37.5 Å². The zero-order chi connectivity index (χ0) is 15.8. The van der Waals surface area contributed by atoms with E-state index in [4.69, 9.17) is 11.5 Å². The van der Waals surface area contributed by atoms with Gasteiger partial charge in [0.15, 0.2) is 0 Å². The quantitative estimate of drug-likeness (QED) is 0.476. The van der Waals surface area contributed by atoms with Crippen LogP contribution in [0.25, 0.3) is 0 Å². The maximum atomic E-state index is 10.5. The van der Waals surface area contributed by atoms with Gasteiger partial charge in [-0.15, -0.1) is 0 Å². The molecule has 124 valence electrons. The SMILES string of the molecule is C[C@]12CCC(N)(N)CC1=CCC1C2CC[C@@]2(C)C1CC[C@@H]2O. The molecule has 0 radical (unpaired) electrons. The number of rotatable bonds is 0. The number of aliphatic hydroxyl groups excluding tert-OH is 1. The van der Waals surface area contributed by atoms with Crippen LogP contribution in [0.1, 0.15) is 65.2 Å². The van der Waals surface area contributed by atoms with Gasteiger partial charge in [-0.05, 0) is 80.0 Å². The van der Waals surface area contributed by atoms with Gasteiger partial charge < -0.3 is 16.6 Å². The molecule has 5 N–H and O–H groups in total. The summed E-state index contributed by atoms with van der Waals surface area (Å²) in [5.74, 6) is 2.23. The van der Waals surface area contributed by atoms with E-state index < -0.39 is 5.66 Å². The largest absolute Gasteiger partial charge is 0.393 e. The predicted octanol–water partition coefficient (Wildman–Crippen LogP) is 2.92. The van der Waals surface area contributed by atoms with E-state index in [-0.39, 0.29) is 11.5 Å². The van der Waals surface area contributed by atoms with Gasteiger partial charge in [-0.3, -0.25) is 0 Å². The fourth-order valence-corrected chi connectivity index (χ4v) is 6.68. The molecule has 4 rings (SSSR count). The Morgan fingerprint density at radius 3 is 2.59 bits per heavy atom. The lowest BCUT2D eigenvalue weighted by molar-refractivity contribution is -0.0687. The third-order valence-electron chi connectivity index (χ3n) is 8.20. The van der Waals surface area contributed by atoms with Gasteiger partial charge in [0.2, 0.25) is 0 Å². The number of hydrogen-bond acceptors (Lipinski definition) is 3. The predicted molar refractivity (Wildman–Crippen MR) is 88.8 cm³/mol. The van der Waals surface area contributed by atoms with E-state index in [0.29, 0.717) is 11.3 Å². The molecule has 0 aromatic heterocycles. The summed E-state index contributed by atoms with van der Waals surface area (Å²) in [5.41, 5.74) is 14.0. The highest BCUT2D eigenvalue weighted by atomic mass is 16.3. The smallest absolute Gasteiger partial charge is 0.0675 e. The summed E-state index contributed by atoms with van der Waals surface area (Å²) in [6.07, 6.45) is 11.2. The van der Waals surface area contributed by atoms with E-state index in [1.165, 1.54) is 31.3 Å². The van der Waals surface area contributed by atoms with Crippen molar-refractivity contribution in [3.8, 4) is 0 Å². The number of nitrogens with two attached hydrogens (primary N) is 2. The molecular formula is C19H32N2O. The van der Waals surface area contributed by atoms with Crippen LogP contribution < -0.4 is 11.5 Å². The van der Waals surface area contributed by atoms with Crippen LogP contribution in [-0.2, 0) is 0 Å². The summed E-state index contributed by atoms with van der Waals surface area (Å²) < 4.78 is 0. The fraction of sp³-hybridized carbons (Fsp3) is 0.895. The highest BCUT2D eigenvalue weighted by Crippen LogP contribution is 2.64. The topological polar surface area (TPSA) is 72.3 Å². The molecule has 22 heavy (non-hydrogen) atoms. The summed E-state index contributed by atoms with van der Waals surface area (Å²) in [4.78, 5) is 0. The van der Waals surface area contributed by atoms with E-state index in [9.17, 15) is 5.11 Å². The molecule has 4 aliphatic carbocycles. The van der Waals surface area contributed by atoms with E-state index in [1.807, 2.05) is 0 Å².